The van der Waals surface area contributed by atoms with Gasteiger partial charge in [-0.15, -0.1) is 0 Å². The van der Waals surface area contributed by atoms with Gasteiger partial charge in [-0.1, -0.05) is 170 Å². The number of methoxy groups -OCH3 is 1. The highest BCUT2D eigenvalue weighted by Gasteiger charge is 2.65. The molecule has 0 saturated carbocycles. The summed E-state index contributed by atoms with van der Waals surface area (Å²) in [6, 6.07) is 57.4. The highest BCUT2D eigenvalue weighted by molar-refractivity contribution is 5.58. The monoisotopic (exact) mass is 902 g/mol. The van der Waals surface area contributed by atoms with Crippen molar-refractivity contribution in [2.45, 2.75) is 98.5 Å². The molecule has 6 aliphatic rings. The summed E-state index contributed by atoms with van der Waals surface area (Å²) in [4.78, 5) is 0. The molecule has 1 aliphatic carbocycles. The third-order valence-corrected chi connectivity index (χ3v) is 14.3. The summed E-state index contributed by atoms with van der Waals surface area (Å²) in [7, 11) is 1.64. The Kier molecular flexibility index (Phi) is 12.1. The van der Waals surface area contributed by atoms with Gasteiger partial charge in [0.25, 0.3) is 0 Å². The van der Waals surface area contributed by atoms with Gasteiger partial charge in [0.05, 0.1) is 38.4 Å². The minimum atomic E-state index is -0.766. The van der Waals surface area contributed by atoms with Crippen LogP contribution in [0.2, 0.25) is 0 Å². The molecule has 0 amide bonds. The third-order valence-electron chi connectivity index (χ3n) is 14.3. The number of hydrogen-bond donors (Lipinski definition) is 0. The Morgan fingerprint density at radius 2 is 0.955 bits per heavy atom. The smallest absolute Gasteiger partial charge is 0.186 e. The SMILES string of the molecule is CO[C@@H]1O[C@@H]2CO[C@@H](c3ccccc3)O[C@H]2[C@H](OC2c3ccccc3C3(CO[C@@H]4[C@@H](OCc5ccccc5)[C@@H]5O[C@H](c6ccccc6)OC[C@H]5O[C@H]43)c3ccccc32)[C@H]1OCc1ccccc1. The van der Waals surface area contributed by atoms with Gasteiger partial charge in [0.2, 0.25) is 0 Å². The molecule has 11 heteroatoms. The molecule has 12 atom stereocenters. The molecule has 11 nitrogen and oxygen atoms in total. The lowest BCUT2D eigenvalue weighted by atomic mass is 9.62. The maximum atomic E-state index is 7.65. The Balaban J connectivity index is 0.918. The molecule has 344 valence electrons. The van der Waals surface area contributed by atoms with Crippen molar-refractivity contribution in [1.29, 1.82) is 0 Å². The van der Waals surface area contributed by atoms with Gasteiger partial charge < -0.3 is 52.1 Å². The van der Waals surface area contributed by atoms with E-state index in [1.807, 2.05) is 109 Å². The standard InChI is InChI=1S/C56H54O11/c1-57-55-51(59-31-36-20-8-3-9-21-36)49(47-44(64-55)33-61-54(67-47)38-24-12-5-13-25-38)65-45-39-26-14-16-28-41(39)56(42-29-17-15-27-40(42)45)34-62-50-48(58-30-35-18-6-2-7-19-35)46-43(63-52(50)56)32-60-53(66-46)37-22-10-4-11-23-37/h2-29,43-55H,30-34H2,1H3/t43-,44-,45?,46-,47-,48+,49+,50-,51-,52-,53-,54-,55-,56?/m1/s1. The van der Waals surface area contributed by atoms with Crippen molar-refractivity contribution in [3.63, 3.8) is 0 Å². The highest BCUT2D eigenvalue weighted by Crippen LogP contribution is 2.57. The first-order valence-electron chi connectivity index (χ1n) is 23.4. The van der Waals surface area contributed by atoms with Gasteiger partial charge in [0.1, 0.15) is 61.0 Å². The van der Waals surface area contributed by atoms with E-state index < -0.39 is 85.3 Å². The summed E-state index contributed by atoms with van der Waals surface area (Å²) in [6.07, 6.45) is -7.20. The molecule has 0 aromatic heterocycles. The van der Waals surface area contributed by atoms with Crippen LogP contribution in [-0.4, -0.2) is 88.2 Å². The quantitative estimate of drug-likeness (QED) is 0.125. The Morgan fingerprint density at radius 3 is 1.51 bits per heavy atom. The molecule has 0 N–H and O–H groups in total. The van der Waals surface area contributed by atoms with Gasteiger partial charge in [0, 0.05) is 18.2 Å². The summed E-state index contributed by atoms with van der Waals surface area (Å²) in [6.45, 7) is 1.67. The lowest BCUT2D eigenvalue weighted by Crippen LogP contribution is -2.65. The van der Waals surface area contributed by atoms with E-state index in [1.165, 1.54) is 0 Å². The third kappa shape index (κ3) is 7.96. The minimum absolute atomic E-state index is 0.281. The fraction of sp³-hybridized carbons (Fsp3) is 0.357. The van der Waals surface area contributed by atoms with Gasteiger partial charge in [-0.2, -0.15) is 0 Å². The van der Waals surface area contributed by atoms with E-state index in [0.717, 1.165) is 44.5 Å². The second-order valence-corrected chi connectivity index (χ2v) is 18.2. The zero-order valence-electron chi connectivity index (χ0n) is 37.2. The van der Waals surface area contributed by atoms with E-state index in [0.29, 0.717) is 26.4 Å². The largest absolute Gasteiger partial charge is 0.371 e. The summed E-state index contributed by atoms with van der Waals surface area (Å²) in [5.41, 5.74) is 7.33. The molecule has 0 bridgehead atoms. The van der Waals surface area contributed by atoms with Crippen LogP contribution < -0.4 is 0 Å². The summed E-state index contributed by atoms with van der Waals surface area (Å²) >= 11 is 0. The molecule has 1 spiro atoms. The molecule has 5 aliphatic heterocycles. The van der Waals surface area contributed by atoms with Gasteiger partial charge in [-0.05, 0) is 33.4 Å². The molecule has 0 unspecified atom stereocenters. The van der Waals surface area contributed by atoms with E-state index >= 15 is 0 Å². The second kappa shape index (κ2) is 18.8. The number of rotatable bonds is 11. The average molecular weight is 903 g/mol. The molecule has 67 heavy (non-hydrogen) atoms. The number of fused-ring (bicyclic) bond motifs is 8. The maximum absolute atomic E-state index is 7.65. The zero-order valence-corrected chi connectivity index (χ0v) is 37.2. The van der Waals surface area contributed by atoms with Crippen LogP contribution in [0.5, 0.6) is 0 Å². The van der Waals surface area contributed by atoms with Crippen molar-refractivity contribution in [3.8, 4) is 0 Å². The van der Waals surface area contributed by atoms with E-state index in [9.17, 15) is 0 Å². The zero-order chi connectivity index (χ0) is 44.7. The molecule has 5 heterocycles. The lowest BCUT2D eigenvalue weighted by Gasteiger charge is -2.52. The van der Waals surface area contributed by atoms with E-state index in [-0.39, 0.29) is 6.61 Å². The number of benzene rings is 6. The average Bonchev–Trinajstić information content (AvgIpc) is 3.78. The van der Waals surface area contributed by atoms with Gasteiger partial charge in [0.15, 0.2) is 18.9 Å². The van der Waals surface area contributed by atoms with E-state index in [2.05, 4.69) is 60.7 Å². The van der Waals surface area contributed by atoms with Gasteiger partial charge >= 0.3 is 0 Å². The lowest BCUT2D eigenvalue weighted by molar-refractivity contribution is -0.371. The Hall–Kier alpha value is -5.12. The molecule has 12 rings (SSSR count). The van der Waals surface area contributed by atoms with Crippen LogP contribution in [-0.2, 0) is 70.7 Å². The summed E-state index contributed by atoms with van der Waals surface area (Å²) in [5, 5.41) is 0. The van der Waals surface area contributed by atoms with Crippen LogP contribution in [0, 0.1) is 0 Å². The molecule has 0 radical (unpaired) electrons. The molecular weight excluding hydrogens is 849 g/mol. The highest BCUT2D eigenvalue weighted by atomic mass is 16.8. The predicted molar refractivity (Wildman–Crippen MR) is 245 cm³/mol. The van der Waals surface area contributed by atoms with Crippen LogP contribution in [0.15, 0.2) is 170 Å². The first-order valence-corrected chi connectivity index (χ1v) is 23.4. The van der Waals surface area contributed by atoms with Crippen LogP contribution in [0.25, 0.3) is 0 Å². The topological polar surface area (TPSA) is 102 Å². The summed E-state index contributed by atoms with van der Waals surface area (Å²) in [5.74, 6) is 0. The minimum Gasteiger partial charge on any atom is -0.371 e. The maximum Gasteiger partial charge on any atom is 0.186 e. The van der Waals surface area contributed by atoms with Crippen LogP contribution in [0.4, 0.5) is 0 Å². The van der Waals surface area contributed by atoms with Crippen LogP contribution in [0.1, 0.15) is 63.2 Å². The fourth-order valence-electron chi connectivity index (χ4n) is 11.2. The van der Waals surface area contributed by atoms with Gasteiger partial charge in [-0.25, -0.2) is 0 Å². The second-order valence-electron chi connectivity index (χ2n) is 18.2. The van der Waals surface area contributed by atoms with Crippen molar-refractivity contribution >= 4 is 0 Å². The van der Waals surface area contributed by atoms with Crippen molar-refractivity contribution < 1.29 is 52.1 Å². The van der Waals surface area contributed by atoms with Crippen LogP contribution >= 0.6 is 0 Å². The first-order chi connectivity index (χ1) is 33.2. The van der Waals surface area contributed by atoms with Crippen molar-refractivity contribution in [2.75, 3.05) is 26.9 Å². The Bertz CT molecular complexity index is 2530. The Labute approximate surface area is 390 Å². The van der Waals surface area contributed by atoms with E-state index in [1.54, 1.807) is 7.11 Å². The molecule has 5 fully saturated rings. The fourth-order valence-corrected chi connectivity index (χ4v) is 11.2. The predicted octanol–water partition coefficient (Wildman–Crippen LogP) is 8.70. The van der Waals surface area contributed by atoms with E-state index in [4.69, 9.17) is 52.1 Å². The van der Waals surface area contributed by atoms with Crippen molar-refractivity contribution in [3.05, 3.63) is 214 Å². The number of ether oxygens (including phenoxy) is 11. The van der Waals surface area contributed by atoms with Crippen molar-refractivity contribution in [1.82, 2.24) is 0 Å². The summed E-state index contributed by atoms with van der Waals surface area (Å²) < 4.78 is 75.1. The molecule has 6 aromatic rings. The van der Waals surface area contributed by atoms with Gasteiger partial charge in [-0.3, -0.25) is 0 Å². The molecular formula is C56H54O11. The van der Waals surface area contributed by atoms with Crippen molar-refractivity contribution in [2.24, 2.45) is 0 Å². The number of hydrogen-bond acceptors (Lipinski definition) is 11. The first kappa shape index (κ1) is 43.2. The normalized spacial score (nSPS) is 34.0. The molecule has 5 saturated heterocycles. The Morgan fingerprint density at radius 1 is 0.478 bits per heavy atom. The molecule has 6 aromatic carbocycles. The van der Waals surface area contributed by atoms with Crippen LogP contribution in [0.3, 0.4) is 0 Å².